The summed E-state index contributed by atoms with van der Waals surface area (Å²) in [5, 5.41) is 14.1. The smallest absolute Gasteiger partial charge is 0.240 e. The molecule has 0 saturated carbocycles. The Hall–Kier alpha value is -2.68. The van der Waals surface area contributed by atoms with Crippen molar-refractivity contribution in [3.05, 3.63) is 59.8 Å². The lowest BCUT2D eigenvalue weighted by Crippen LogP contribution is -2.29. The molecule has 0 radical (unpaired) electrons. The summed E-state index contributed by atoms with van der Waals surface area (Å²) in [6, 6.07) is 12.2. The van der Waals surface area contributed by atoms with Crippen molar-refractivity contribution in [3.8, 4) is 0 Å². The first kappa shape index (κ1) is 20.1. The van der Waals surface area contributed by atoms with Crippen molar-refractivity contribution in [2.45, 2.75) is 24.8 Å². The van der Waals surface area contributed by atoms with E-state index in [0.717, 1.165) is 10.9 Å². The molecule has 28 heavy (non-hydrogen) atoms. The summed E-state index contributed by atoms with van der Waals surface area (Å²) in [7, 11) is -1.94. The lowest BCUT2D eigenvalue weighted by atomic mass is 10.1. The first-order valence-corrected chi connectivity index (χ1v) is 10.3. The second-order valence-electron chi connectivity index (χ2n) is 6.74. The minimum Gasteiger partial charge on any atom is -0.387 e. The fourth-order valence-corrected chi connectivity index (χ4v) is 4.51. The number of benzene rings is 2. The average Bonchev–Trinajstić information content (AvgIpc) is 2.96. The maximum atomic E-state index is 12.7. The summed E-state index contributed by atoms with van der Waals surface area (Å²) in [6.07, 6.45) is 0.816. The maximum Gasteiger partial charge on any atom is 0.240 e. The predicted octanol–water partition coefficient (Wildman–Crippen LogP) is 2.46. The third kappa shape index (κ3) is 4.09. The first-order chi connectivity index (χ1) is 13.2. The van der Waals surface area contributed by atoms with Gasteiger partial charge in [-0.2, -0.15) is 0 Å². The van der Waals surface area contributed by atoms with E-state index in [-0.39, 0.29) is 17.3 Å². The van der Waals surface area contributed by atoms with Crippen LogP contribution in [0.1, 0.15) is 24.2 Å². The van der Waals surface area contributed by atoms with E-state index in [1.807, 2.05) is 35.9 Å². The van der Waals surface area contributed by atoms with Crippen LogP contribution in [-0.4, -0.2) is 30.5 Å². The monoisotopic (exact) mass is 401 g/mol. The van der Waals surface area contributed by atoms with Gasteiger partial charge in [-0.3, -0.25) is 4.79 Å². The minimum absolute atomic E-state index is 0.103. The van der Waals surface area contributed by atoms with Gasteiger partial charge >= 0.3 is 0 Å². The summed E-state index contributed by atoms with van der Waals surface area (Å²) in [5.41, 5.74) is 2.65. The van der Waals surface area contributed by atoms with Crippen LogP contribution in [0.4, 0.5) is 5.69 Å². The number of aliphatic hydroxyl groups is 1. The number of aromatic nitrogens is 1. The highest BCUT2D eigenvalue weighted by atomic mass is 32.2. The Kier molecular flexibility index (Phi) is 5.55. The summed E-state index contributed by atoms with van der Waals surface area (Å²) in [6.45, 7) is 2.89. The average molecular weight is 401 g/mol. The number of fused-ring (bicyclic) bond motifs is 1. The highest BCUT2D eigenvalue weighted by molar-refractivity contribution is 7.89. The SMILES string of the molecule is CC(=O)Nc1ccc(S(=O)(=O)NCC(O)c2cn(C)c3ccccc23)c(C)c1. The Bertz CT molecular complexity index is 1140. The van der Waals surface area contributed by atoms with E-state index < -0.39 is 16.1 Å². The van der Waals surface area contributed by atoms with Gasteiger partial charge in [-0.25, -0.2) is 13.1 Å². The summed E-state index contributed by atoms with van der Waals surface area (Å²) in [5.74, 6) is -0.230. The normalized spacial score (nSPS) is 12.9. The molecule has 0 spiro atoms. The number of amides is 1. The topological polar surface area (TPSA) is 100 Å². The number of rotatable bonds is 6. The number of sulfonamides is 1. The lowest BCUT2D eigenvalue weighted by Gasteiger charge is -2.14. The number of nitrogens with one attached hydrogen (secondary N) is 2. The Morgan fingerprint density at radius 1 is 1.21 bits per heavy atom. The quantitative estimate of drug-likeness (QED) is 0.591. The Morgan fingerprint density at radius 3 is 2.61 bits per heavy atom. The number of para-hydroxylation sites is 1. The van der Waals surface area contributed by atoms with Crippen LogP contribution >= 0.6 is 0 Å². The molecule has 3 N–H and O–H groups in total. The summed E-state index contributed by atoms with van der Waals surface area (Å²) in [4.78, 5) is 11.2. The standard InChI is InChI=1S/C20H23N3O4S/c1-13-10-15(22-14(2)24)8-9-20(13)28(26,27)21-11-19(25)17-12-23(3)18-7-5-4-6-16(17)18/h4-10,12,19,21,25H,11H2,1-3H3,(H,22,24). The van der Waals surface area contributed by atoms with Gasteiger partial charge in [0.05, 0.1) is 11.0 Å². The molecular formula is C20H23N3O4S. The third-order valence-electron chi connectivity index (χ3n) is 4.54. The molecule has 148 valence electrons. The van der Waals surface area contributed by atoms with Crippen molar-refractivity contribution in [2.24, 2.45) is 7.05 Å². The number of carbonyl (C=O) groups is 1. The molecule has 0 bridgehead atoms. The minimum atomic E-state index is -3.82. The number of carbonyl (C=O) groups excluding carboxylic acids is 1. The van der Waals surface area contributed by atoms with E-state index in [1.54, 1.807) is 19.2 Å². The number of aliphatic hydroxyl groups excluding tert-OH is 1. The maximum absolute atomic E-state index is 12.7. The highest BCUT2D eigenvalue weighted by Crippen LogP contribution is 2.26. The fraction of sp³-hybridized carbons (Fsp3) is 0.250. The van der Waals surface area contributed by atoms with Crippen LogP contribution in [0.25, 0.3) is 10.9 Å². The van der Waals surface area contributed by atoms with E-state index >= 15 is 0 Å². The third-order valence-corrected chi connectivity index (χ3v) is 6.12. The molecule has 3 aromatic rings. The van der Waals surface area contributed by atoms with Crippen LogP contribution in [0.5, 0.6) is 0 Å². The van der Waals surface area contributed by atoms with Gasteiger partial charge in [0.2, 0.25) is 15.9 Å². The second-order valence-corrected chi connectivity index (χ2v) is 8.48. The van der Waals surface area contributed by atoms with Gasteiger partial charge < -0.3 is 15.0 Å². The molecule has 1 amide bonds. The largest absolute Gasteiger partial charge is 0.387 e. The van der Waals surface area contributed by atoms with E-state index in [9.17, 15) is 18.3 Å². The molecular weight excluding hydrogens is 378 g/mol. The Labute approximate surface area is 164 Å². The Morgan fingerprint density at radius 2 is 1.93 bits per heavy atom. The number of hydrogen-bond donors (Lipinski definition) is 3. The van der Waals surface area contributed by atoms with Crippen molar-refractivity contribution < 1.29 is 18.3 Å². The van der Waals surface area contributed by atoms with E-state index in [4.69, 9.17) is 0 Å². The first-order valence-electron chi connectivity index (χ1n) is 8.79. The molecule has 2 aromatic carbocycles. The van der Waals surface area contributed by atoms with Crippen LogP contribution in [0, 0.1) is 6.92 Å². The fourth-order valence-electron chi connectivity index (χ4n) is 3.25. The van der Waals surface area contributed by atoms with Crippen LogP contribution in [0.15, 0.2) is 53.6 Å². The van der Waals surface area contributed by atoms with Crippen molar-refractivity contribution in [3.63, 3.8) is 0 Å². The molecule has 0 aliphatic rings. The molecule has 0 saturated heterocycles. The highest BCUT2D eigenvalue weighted by Gasteiger charge is 2.21. The van der Waals surface area contributed by atoms with Gasteiger partial charge in [-0.05, 0) is 36.8 Å². The van der Waals surface area contributed by atoms with Crippen LogP contribution in [0.3, 0.4) is 0 Å². The molecule has 1 heterocycles. The predicted molar refractivity (Wildman–Crippen MR) is 109 cm³/mol. The van der Waals surface area contributed by atoms with Gasteiger partial charge in [0.25, 0.3) is 0 Å². The molecule has 1 atom stereocenters. The molecule has 7 nitrogen and oxygen atoms in total. The number of hydrogen-bond acceptors (Lipinski definition) is 4. The zero-order chi connectivity index (χ0) is 20.5. The number of nitrogens with zero attached hydrogens (tertiary/aromatic N) is 1. The van der Waals surface area contributed by atoms with E-state index in [1.165, 1.54) is 19.1 Å². The lowest BCUT2D eigenvalue weighted by molar-refractivity contribution is -0.114. The molecule has 1 aromatic heterocycles. The van der Waals surface area contributed by atoms with Gasteiger partial charge in [0.1, 0.15) is 0 Å². The van der Waals surface area contributed by atoms with Gasteiger partial charge in [-0.1, -0.05) is 18.2 Å². The van der Waals surface area contributed by atoms with Crippen molar-refractivity contribution in [1.82, 2.24) is 9.29 Å². The summed E-state index contributed by atoms with van der Waals surface area (Å²) < 4.78 is 29.7. The van der Waals surface area contributed by atoms with Gasteiger partial charge in [-0.15, -0.1) is 0 Å². The second kappa shape index (κ2) is 7.75. The molecule has 0 aliphatic carbocycles. The number of anilines is 1. The van der Waals surface area contributed by atoms with E-state index in [2.05, 4.69) is 10.0 Å². The summed E-state index contributed by atoms with van der Waals surface area (Å²) >= 11 is 0. The zero-order valence-corrected chi connectivity index (χ0v) is 16.7. The van der Waals surface area contributed by atoms with Crippen molar-refractivity contribution >= 4 is 32.5 Å². The van der Waals surface area contributed by atoms with Crippen LogP contribution < -0.4 is 10.0 Å². The zero-order valence-electron chi connectivity index (χ0n) is 15.9. The van der Waals surface area contributed by atoms with Gasteiger partial charge in [0.15, 0.2) is 0 Å². The van der Waals surface area contributed by atoms with Gasteiger partial charge in [0, 0.05) is 48.9 Å². The Balaban J connectivity index is 1.78. The van der Waals surface area contributed by atoms with Crippen LogP contribution in [-0.2, 0) is 21.9 Å². The molecule has 8 heteroatoms. The molecule has 3 rings (SSSR count). The van der Waals surface area contributed by atoms with Crippen molar-refractivity contribution in [2.75, 3.05) is 11.9 Å². The number of aryl methyl sites for hydroxylation is 2. The molecule has 0 fully saturated rings. The van der Waals surface area contributed by atoms with E-state index in [0.29, 0.717) is 16.8 Å². The van der Waals surface area contributed by atoms with Crippen molar-refractivity contribution in [1.29, 1.82) is 0 Å². The molecule has 0 aliphatic heterocycles. The molecule has 1 unspecified atom stereocenters. The van der Waals surface area contributed by atoms with Crippen LogP contribution in [0.2, 0.25) is 0 Å².